The number of aliphatic hydroxyl groups is 1. The monoisotopic (exact) mass is 1910 g/mol. The maximum absolute atomic E-state index is 13.6. The summed E-state index contributed by atoms with van der Waals surface area (Å²) in [4.78, 5) is 155. The van der Waals surface area contributed by atoms with Crippen LogP contribution in [0.3, 0.4) is 0 Å². The minimum Gasteiger partial charge on any atom is -0.391 e. The number of thiazole rings is 4. The molecule has 32 nitrogen and oxygen atoms in total. The van der Waals surface area contributed by atoms with Crippen molar-refractivity contribution in [2.24, 2.45) is 5.41 Å². The van der Waals surface area contributed by atoms with Crippen molar-refractivity contribution in [1.29, 1.82) is 0 Å². The van der Waals surface area contributed by atoms with Crippen LogP contribution in [0.15, 0.2) is 49.1 Å². The summed E-state index contributed by atoms with van der Waals surface area (Å²) >= 11 is 5.03. The van der Waals surface area contributed by atoms with Crippen LogP contribution in [0.2, 0.25) is 0 Å². The van der Waals surface area contributed by atoms with Crippen LogP contribution in [0.4, 0.5) is 23.3 Å². The van der Waals surface area contributed by atoms with Gasteiger partial charge in [0.05, 0.1) is 62.9 Å². The highest BCUT2D eigenvalue weighted by Gasteiger charge is 2.52. The maximum Gasteiger partial charge on any atom is 0.282 e. The Morgan fingerprint density at radius 1 is 0.381 bits per heavy atom. The van der Waals surface area contributed by atoms with Crippen LogP contribution >= 0.6 is 45.3 Å². The molecule has 1 saturated carbocycles. The summed E-state index contributed by atoms with van der Waals surface area (Å²) in [6.45, 7) is 49.3. The molecule has 0 radical (unpaired) electrons. The zero-order chi connectivity index (χ0) is 96.4. The second kappa shape index (κ2) is 41.5. The predicted molar refractivity (Wildman–Crippen MR) is 526 cm³/mol. The molecular weight excluding hydrogens is 1780 g/mol. The van der Waals surface area contributed by atoms with Crippen molar-refractivity contribution >= 4 is 116 Å². The number of aromatic nitrogens is 8. The Balaban J connectivity index is 0.000000143. The second-order valence-corrected chi connectivity index (χ2v) is 45.6. The molecule has 1 spiro atoms. The quantitative estimate of drug-likeness (QED) is 0.0373. The lowest BCUT2D eigenvalue weighted by Crippen LogP contribution is -2.67. The van der Waals surface area contributed by atoms with E-state index in [0.29, 0.717) is 118 Å². The number of aryl methyl sites for hydroxylation is 4. The molecule has 134 heavy (non-hydrogen) atoms. The smallest absolute Gasteiger partial charge is 0.282 e. The van der Waals surface area contributed by atoms with Gasteiger partial charge in [-0.15, -0.1) is 45.3 Å². The molecule has 8 aromatic rings. The Morgan fingerprint density at radius 2 is 0.679 bits per heavy atom. The molecule has 0 aromatic carbocycles. The third-order valence-corrected chi connectivity index (χ3v) is 29.6. The highest BCUT2D eigenvalue weighted by atomic mass is 32.1. The van der Waals surface area contributed by atoms with Crippen molar-refractivity contribution in [3.8, 4) is 41.8 Å². The number of anilines is 4. The van der Waals surface area contributed by atoms with E-state index in [-0.39, 0.29) is 122 Å². The van der Waals surface area contributed by atoms with Gasteiger partial charge in [-0.3, -0.25) is 38.4 Å². The van der Waals surface area contributed by atoms with Gasteiger partial charge in [0.15, 0.2) is 20.0 Å². The topological polar surface area (TPSA) is 388 Å². The van der Waals surface area contributed by atoms with Crippen LogP contribution in [0, 0.1) is 33.1 Å². The number of nitrogens with zero attached hydrogens (tertiary/aromatic N) is 13. The Kier molecular flexibility index (Phi) is 30.9. The summed E-state index contributed by atoms with van der Waals surface area (Å²) in [7, 11) is 0. The normalized spacial score (nSPS) is 21.1. The molecule has 8 aliphatic heterocycles. The number of amides is 8. The molecular formula is C98H134N20O12S4. The van der Waals surface area contributed by atoms with Gasteiger partial charge in [-0.25, -0.2) is 39.9 Å². The first kappa shape index (κ1) is 99.9. The van der Waals surface area contributed by atoms with Crippen LogP contribution in [0.25, 0.3) is 41.8 Å². The van der Waals surface area contributed by atoms with Crippen LogP contribution < -0.4 is 37.2 Å². The molecule has 16 heterocycles. The fourth-order valence-corrected chi connectivity index (χ4v) is 22.1. The van der Waals surface area contributed by atoms with Crippen molar-refractivity contribution in [3.63, 3.8) is 0 Å². The Hall–Kier alpha value is -10.1. The van der Waals surface area contributed by atoms with E-state index in [1.807, 2.05) is 83.4 Å². The van der Waals surface area contributed by atoms with Gasteiger partial charge >= 0.3 is 0 Å². The van der Waals surface area contributed by atoms with Crippen molar-refractivity contribution in [2.45, 2.75) is 292 Å². The SMILES string of the molecule is Cc1cc(NC(C)(C)C)ncc1-c1sc(C(=O)N2CC3(COC3)C2)nc1C(=O)N1CCC[C@@H]1C.Cc1cc(NC(C)(C)C)ncc1-c1sc(C(=O)NC2CCC2O)nc1C(=O)N1CCC[C@@H]1C.Cc1cc(NC(C)(C)C)ncc1-c1sc(C(=O)NC2CCOCC2)nc1C(=O)N1CCC[C@@H]1C.Cc1cc(NC(C)(C)C)ncc1-c1sc(C(=O)N[C@@H]2CCOC2)nc1C(=O)N1CCC[C@@H]1C. The molecule has 1 aliphatic carbocycles. The van der Waals surface area contributed by atoms with Gasteiger partial charge in [-0.05, 0) is 268 Å². The average Bonchev–Trinajstić information content (AvgIpc) is 0.971. The average molecular weight is 1910 g/mol. The molecule has 7 atom stereocenters. The molecule has 0 bridgehead atoms. The number of likely N-dealkylation sites (tertiary alicyclic amines) is 5. The lowest BCUT2D eigenvalue weighted by molar-refractivity contribution is -0.176. The summed E-state index contributed by atoms with van der Waals surface area (Å²) in [6, 6.07) is 8.34. The van der Waals surface area contributed by atoms with E-state index in [1.165, 1.54) is 45.3 Å². The molecule has 722 valence electrons. The number of ether oxygens (including phenoxy) is 3. The lowest BCUT2D eigenvalue weighted by Gasteiger charge is -2.54. The van der Waals surface area contributed by atoms with E-state index in [4.69, 9.17) is 14.2 Å². The summed E-state index contributed by atoms with van der Waals surface area (Å²) < 4.78 is 16.1. The zero-order valence-electron chi connectivity index (χ0n) is 81.3. The molecule has 8 aromatic heterocycles. The van der Waals surface area contributed by atoms with Gasteiger partial charge in [0.2, 0.25) is 0 Å². The highest BCUT2D eigenvalue weighted by molar-refractivity contribution is 7.18. The van der Waals surface area contributed by atoms with Gasteiger partial charge in [0, 0.05) is 158 Å². The van der Waals surface area contributed by atoms with Crippen LogP contribution in [-0.4, -0.2) is 266 Å². The molecule has 2 unspecified atom stereocenters. The minimum absolute atomic E-state index is 0.0197. The fourth-order valence-electron chi connectivity index (χ4n) is 17.9. The Bertz CT molecular complexity index is 5490. The number of pyridine rings is 4. The van der Waals surface area contributed by atoms with Crippen molar-refractivity contribution in [1.82, 2.24) is 80.3 Å². The molecule has 8 amide bonds. The van der Waals surface area contributed by atoms with Gasteiger partial charge in [-0.2, -0.15) is 0 Å². The molecule has 9 fully saturated rings. The van der Waals surface area contributed by atoms with Crippen molar-refractivity contribution in [3.05, 3.63) is 114 Å². The van der Waals surface area contributed by atoms with Crippen LogP contribution in [0.1, 0.15) is 298 Å². The second-order valence-electron chi connectivity index (χ2n) is 41.6. The summed E-state index contributed by atoms with van der Waals surface area (Å²) in [5.41, 5.74) is 8.19. The third kappa shape index (κ3) is 24.1. The van der Waals surface area contributed by atoms with Gasteiger partial charge in [0.1, 0.15) is 46.0 Å². The van der Waals surface area contributed by atoms with E-state index in [2.05, 4.69) is 181 Å². The van der Waals surface area contributed by atoms with Gasteiger partial charge < -0.3 is 81.0 Å². The predicted octanol–water partition coefficient (Wildman–Crippen LogP) is 15.5. The van der Waals surface area contributed by atoms with Gasteiger partial charge in [-0.1, -0.05) is 0 Å². The zero-order valence-corrected chi connectivity index (χ0v) is 84.6. The largest absolute Gasteiger partial charge is 0.391 e. The molecule has 36 heteroatoms. The first-order valence-electron chi connectivity index (χ1n) is 47.2. The number of hydrogen-bond donors (Lipinski definition) is 8. The number of aliphatic hydroxyl groups excluding tert-OH is 1. The van der Waals surface area contributed by atoms with E-state index < -0.39 is 6.10 Å². The minimum atomic E-state index is -0.519. The first-order chi connectivity index (χ1) is 63.3. The summed E-state index contributed by atoms with van der Waals surface area (Å²) in [5, 5.41) is 33.5. The number of carbonyl (C=O) groups excluding carboxylic acids is 8. The number of rotatable bonds is 19. The fraction of sp³-hybridized carbons (Fsp3) is 0.592. The van der Waals surface area contributed by atoms with Crippen LogP contribution in [-0.2, 0) is 14.2 Å². The van der Waals surface area contributed by atoms with Crippen molar-refractivity contribution < 1.29 is 57.7 Å². The number of hydrogen-bond acceptors (Lipinski definition) is 28. The van der Waals surface area contributed by atoms with E-state index in [9.17, 15) is 43.5 Å². The maximum atomic E-state index is 13.6. The molecule has 17 rings (SSSR count). The van der Waals surface area contributed by atoms with Crippen molar-refractivity contribution in [2.75, 3.05) is 100 Å². The van der Waals surface area contributed by atoms with E-state index in [1.54, 1.807) is 24.8 Å². The molecule has 8 saturated heterocycles. The van der Waals surface area contributed by atoms with Gasteiger partial charge in [0.25, 0.3) is 47.3 Å². The summed E-state index contributed by atoms with van der Waals surface area (Å²) in [5.74, 6) is 1.66. The first-order valence-corrected chi connectivity index (χ1v) is 50.5. The molecule has 8 N–H and O–H groups in total. The number of nitrogens with one attached hydrogen (secondary N) is 7. The lowest BCUT2D eigenvalue weighted by atomic mass is 9.78. The van der Waals surface area contributed by atoms with Crippen LogP contribution in [0.5, 0.6) is 0 Å². The summed E-state index contributed by atoms with van der Waals surface area (Å²) in [6.07, 6.45) is 18.2. The highest BCUT2D eigenvalue weighted by Crippen LogP contribution is 2.44. The Morgan fingerprint density at radius 3 is 0.940 bits per heavy atom. The molecule has 9 aliphatic rings. The van der Waals surface area contributed by atoms with E-state index in [0.717, 1.165) is 169 Å². The third-order valence-electron chi connectivity index (χ3n) is 25.3. The van der Waals surface area contributed by atoms with E-state index >= 15 is 0 Å². The Labute approximate surface area is 802 Å². The number of carbonyl (C=O) groups is 8. The standard InChI is InChI=1S/C25H33N5O3S.C25H35N5O3S.2C24H33N5O3S/c1-15-9-18(28-24(3,4)5)26-10-17(15)20-19(22(31)30-8-6-7-16(30)2)27-21(34-20)23(32)29-11-25(12-29)13-33-14-25;1-15-13-19(29-25(3,4)5)26-14-18(15)21-20(24(32)30-10-6-7-16(30)2)28-23(34-21)22(31)27-17-8-11-33-12-9-17;1-13-11-18(28-24(3,4)5)25-12-15(13)20-19(23(32)29-10-6-7-14(29)2)27-22(33-20)21(31)26-16-8-9-17(16)30;1-14-11-18(28-24(3,4)5)25-12-17(14)20-19(23(31)29-9-6-7-15(29)2)27-22(33-20)21(30)26-16-8-10-32-13-16/h9-10,16H,6-8,11-14H2,1-5H3,(H,26,28);13-14,16-17H,6-12H2,1-5H3,(H,26,29)(H,27,31);11-12,14,16-17,30H,6-10H2,1-5H3,(H,25,28)(H,26,31);11-12,15-16H,6-10,13H2,1-5H3,(H,25,28)(H,26,30)/t2*16-;14-,16?,17?;15-,16+/m0000/s1.